The molecule has 3 heterocycles. The van der Waals surface area contributed by atoms with E-state index in [1.165, 1.54) is 0 Å². The highest BCUT2D eigenvalue weighted by molar-refractivity contribution is 5.61. The predicted octanol–water partition coefficient (Wildman–Crippen LogP) is 1.10. The molecule has 1 aliphatic heterocycles. The lowest BCUT2D eigenvalue weighted by atomic mass is 9.96. The van der Waals surface area contributed by atoms with Crippen molar-refractivity contribution in [3.63, 3.8) is 0 Å². The first-order valence-corrected chi connectivity index (χ1v) is 7.16. The largest absolute Gasteiger partial charge is 0.386 e. The topological polar surface area (TPSA) is 83.1 Å². The van der Waals surface area contributed by atoms with Crippen molar-refractivity contribution in [3.05, 3.63) is 36.3 Å². The second-order valence-electron chi connectivity index (χ2n) is 5.48. The van der Waals surface area contributed by atoms with Gasteiger partial charge in [-0.2, -0.15) is 5.10 Å². The van der Waals surface area contributed by atoms with Crippen LogP contribution in [0.4, 0.5) is 0 Å². The summed E-state index contributed by atoms with van der Waals surface area (Å²) >= 11 is 0. The number of H-pyrrole nitrogens is 1. The van der Waals surface area contributed by atoms with E-state index in [1.54, 1.807) is 18.6 Å². The Labute approximate surface area is 123 Å². The molecule has 2 aromatic rings. The maximum atomic E-state index is 10.5. The number of pyridine rings is 1. The number of aliphatic hydroxyl groups is 1. The van der Waals surface area contributed by atoms with E-state index < -0.39 is 5.60 Å². The number of nitrogens with zero attached hydrogens (tertiary/aromatic N) is 2. The van der Waals surface area contributed by atoms with Crippen molar-refractivity contribution in [1.29, 1.82) is 0 Å². The third kappa shape index (κ3) is 2.97. The lowest BCUT2D eigenvalue weighted by Crippen LogP contribution is -2.45. The van der Waals surface area contributed by atoms with E-state index in [1.807, 2.05) is 19.1 Å². The molecular weight excluding hydrogens is 268 g/mol. The molecule has 6 heteroatoms. The van der Waals surface area contributed by atoms with Gasteiger partial charge in [0.1, 0.15) is 5.60 Å². The highest BCUT2D eigenvalue weighted by Crippen LogP contribution is 2.25. The summed E-state index contributed by atoms with van der Waals surface area (Å²) in [6.45, 7) is 3.67. The van der Waals surface area contributed by atoms with Gasteiger partial charge in [0, 0.05) is 49.6 Å². The molecule has 21 heavy (non-hydrogen) atoms. The maximum absolute atomic E-state index is 10.5. The molecule has 1 aliphatic rings. The van der Waals surface area contributed by atoms with Gasteiger partial charge in [-0.15, -0.1) is 0 Å². The molecule has 2 atom stereocenters. The minimum atomic E-state index is -0.780. The van der Waals surface area contributed by atoms with Gasteiger partial charge >= 0.3 is 0 Å². The Morgan fingerprint density at radius 1 is 1.52 bits per heavy atom. The Morgan fingerprint density at radius 3 is 3.14 bits per heavy atom. The molecule has 0 spiro atoms. The second kappa shape index (κ2) is 5.93. The number of nitrogens with one attached hydrogen (secondary N) is 2. The Morgan fingerprint density at radius 2 is 2.43 bits per heavy atom. The van der Waals surface area contributed by atoms with Gasteiger partial charge < -0.3 is 15.2 Å². The van der Waals surface area contributed by atoms with E-state index in [0.717, 1.165) is 16.8 Å². The van der Waals surface area contributed by atoms with Crippen molar-refractivity contribution in [2.45, 2.75) is 31.6 Å². The molecule has 0 radical (unpaired) electrons. The van der Waals surface area contributed by atoms with Gasteiger partial charge in [-0.05, 0) is 19.1 Å². The first kappa shape index (κ1) is 14.2. The molecule has 1 fully saturated rings. The molecule has 3 N–H and O–H groups in total. The summed E-state index contributed by atoms with van der Waals surface area (Å²) in [6.07, 6.45) is 5.88. The van der Waals surface area contributed by atoms with Gasteiger partial charge in [0.2, 0.25) is 0 Å². The molecule has 112 valence electrons. The van der Waals surface area contributed by atoms with Crippen LogP contribution in [0.2, 0.25) is 0 Å². The lowest BCUT2D eigenvalue weighted by Gasteiger charge is -2.26. The summed E-state index contributed by atoms with van der Waals surface area (Å²) in [5.41, 5.74) is 2.23. The molecule has 3 rings (SSSR count). The van der Waals surface area contributed by atoms with E-state index in [2.05, 4.69) is 20.5 Å². The van der Waals surface area contributed by atoms with Crippen LogP contribution in [0.5, 0.6) is 0 Å². The zero-order chi connectivity index (χ0) is 14.7. The Hall–Kier alpha value is -1.76. The van der Waals surface area contributed by atoms with E-state index in [-0.39, 0.29) is 6.10 Å². The summed E-state index contributed by atoms with van der Waals surface area (Å²) in [6, 6.07) is 3.89. The molecule has 0 bridgehead atoms. The summed E-state index contributed by atoms with van der Waals surface area (Å²) < 4.78 is 5.43. The molecule has 0 aliphatic carbocycles. The monoisotopic (exact) mass is 288 g/mol. The van der Waals surface area contributed by atoms with Crippen molar-refractivity contribution in [2.75, 3.05) is 13.2 Å². The van der Waals surface area contributed by atoms with Crippen LogP contribution in [-0.2, 0) is 11.3 Å². The normalized spacial score (nSPS) is 25.3. The third-order valence-electron chi connectivity index (χ3n) is 4.07. The van der Waals surface area contributed by atoms with Crippen molar-refractivity contribution in [2.24, 2.45) is 0 Å². The zero-order valence-electron chi connectivity index (χ0n) is 12.0. The van der Waals surface area contributed by atoms with Gasteiger partial charge in [0.05, 0.1) is 18.0 Å². The minimum Gasteiger partial charge on any atom is -0.386 e. The van der Waals surface area contributed by atoms with Crippen molar-refractivity contribution >= 4 is 0 Å². The molecule has 1 saturated heterocycles. The fourth-order valence-corrected chi connectivity index (χ4v) is 2.62. The Balaban J connectivity index is 1.63. The van der Waals surface area contributed by atoms with Crippen LogP contribution < -0.4 is 5.32 Å². The Bertz CT molecular complexity index is 586. The number of hydrogen-bond donors (Lipinski definition) is 3. The summed E-state index contributed by atoms with van der Waals surface area (Å²) in [4.78, 5) is 4.12. The highest BCUT2D eigenvalue weighted by atomic mass is 16.5. The van der Waals surface area contributed by atoms with E-state index in [0.29, 0.717) is 26.1 Å². The first-order chi connectivity index (χ1) is 10.2. The fourth-order valence-electron chi connectivity index (χ4n) is 2.62. The maximum Gasteiger partial charge on any atom is 0.105 e. The number of rotatable bonds is 5. The van der Waals surface area contributed by atoms with Crippen LogP contribution in [0, 0.1) is 0 Å². The third-order valence-corrected chi connectivity index (χ3v) is 4.07. The number of ether oxygens (including phenoxy) is 1. The average Bonchev–Trinajstić information content (AvgIpc) is 3.08. The molecule has 0 saturated carbocycles. The van der Waals surface area contributed by atoms with Gasteiger partial charge in [-0.3, -0.25) is 10.1 Å². The fraction of sp³-hybridized carbons (Fsp3) is 0.467. The van der Waals surface area contributed by atoms with E-state index in [9.17, 15) is 5.11 Å². The second-order valence-corrected chi connectivity index (χ2v) is 5.48. The summed E-state index contributed by atoms with van der Waals surface area (Å²) in [5, 5.41) is 20.9. The highest BCUT2D eigenvalue weighted by Gasteiger charge is 2.38. The average molecular weight is 288 g/mol. The van der Waals surface area contributed by atoms with Crippen LogP contribution in [-0.4, -0.2) is 45.1 Å². The molecular formula is C15H20N4O2. The standard InChI is InChI=1S/C15H20N4O2/c1-11-15(20,4-6-21-11)10-17-8-13-9-18-19-14(13)12-3-2-5-16-7-12/h2-3,5,7,9,11,17,20H,4,6,8,10H2,1H3,(H,18,19). The zero-order valence-corrected chi connectivity index (χ0v) is 12.0. The molecule has 0 amide bonds. The number of aromatic nitrogens is 3. The molecule has 2 aromatic heterocycles. The van der Waals surface area contributed by atoms with Crippen LogP contribution >= 0.6 is 0 Å². The van der Waals surface area contributed by atoms with Crippen LogP contribution in [0.25, 0.3) is 11.3 Å². The van der Waals surface area contributed by atoms with Crippen LogP contribution in [0.3, 0.4) is 0 Å². The summed E-state index contributed by atoms with van der Waals surface area (Å²) in [7, 11) is 0. The smallest absolute Gasteiger partial charge is 0.105 e. The summed E-state index contributed by atoms with van der Waals surface area (Å²) in [5.74, 6) is 0. The predicted molar refractivity (Wildman–Crippen MR) is 78.5 cm³/mol. The first-order valence-electron chi connectivity index (χ1n) is 7.16. The molecule has 2 unspecified atom stereocenters. The van der Waals surface area contributed by atoms with Gasteiger partial charge in [-0.1, -0.05) is 0 Å². The van der Waals surface area contributed by atoms with Gasteiger partial charge in [-0.25, -0.2) is 0 Å². The van der Waals surface area contributed by atoms with E-state index >= 15 is 0 Å². The Kier molecular flexibility index (Phi) is 4.01. The van der Waals surface area contributed by atoms with Crippen molar-refractivity contribution in [1.82, 2.24) is 20.5 Å². The number of hydrogen-bond acceptors (Lipinski definition) is 5. The SMILES string of the molecule is CC1OCCC1(O)CNCc1cn[nH]c1-c1cccnc1. The van der Waals surface area contributed by atoms with Gasteiger partial charge in [0.25, 0.3) is 0 Å². The minimum absolute atomic E-state index is 0.132. The van der Waals surface area contributed by atoms with E-state index in [4.69, 9.17) is 4.74 Å². The quantitative estimate of drug-likeness (QED) is 0.767. The van der Waals surface area contributed by atoms with Crippen LogP contribution in [0.15, 0.2) is 30.7 Å². The van der Waals surface area contributed by atoms with Crippen LogP contribution in [0.1, 0.15) is 18.9 Å². The number of aromatic amines is 1. The van der Waals surface area contributed by atoms with Gasteiger partial charge in [0.15, 0.2) is 0 Å². The lowest BCUT2D eigenvalue weighted by molar-refractivity contribution is -0.0262. The molecule has 0 aromatic carbocycles. The van der Waals surface area contributed by atoms with Crippen molar-refractivity contribution in [3.8, 4) is 11.3 Å². The van der Waals surface area contributed by atoms with Crippen molar-refractivity contribution < 1.29 is 9.84 Å². The molecule has 6 nitrogen and oxygen atoms in total.